The monoisotopic (exact) mass is 413 g/mol. The second kappa shape index (κ2) is 10.4. The number of aliphatic imine (C=N–C) groups is 1. The van der Waals surface area contributed by atoms with Crippen LogP contribution in [0.3, 0.4) is 0 Å². The number of nitrogens with one attached hydrogen (secondary N) is 3. The van der Waals surface area contributed by atoms with Crippen LogP contribution in [0.2, 0.25) is 5.15 Å². The Morgan fingerprint density at radius 1 is 1.17 bits per heavy atom. The number of pyridine rings is 1. The minimum Gasteiger partial charge on any atom is -0.497 e. The highest BCUT2D eigenvalue weighted by molar-refractivity contribution is 6.29. The molecule has 0 saturated heterocycles. The fourth-order valence-corrected chi connectivity index (χ4v) is 2.72. The first-order valence-corrected chi connectivity index (χ1v) is 9.74. The molecule has 9 heteroatoms. The summed E-state index contributed by atoms with van der Waals surface area (Å²) in [5, 5.41) is 14.2. The quantitative estimate of drug-likeness (QED) is 0.298. The number of H-pyrrole nitrogens is 1. The van der Waals surface area contributed by atoms with Crippen LogP contribution in [0.1, 0.15) is 18.3 Å². The predicted octanol–water partition coefficient (Wildman–Crippen LogP) is 2.83. The van der Waals surface area contributed by atoms with Gasteiger partial charge in [0.25, 0.3) is 0 Å². The predicted molar refractivity (Wildman–Crippen MR) is 114 cm³/mol. The van der Waals surface area contributed by atoms with Gasteiger partial charge >= 0.3 is 0 Å². The number of hydrogen-bond donors (Lipinski definition) is 3. The number of aromatic amines is 1. The lowest BCUT2D eigenvalue weighted by molar-refractivity contribution is 0.415. The van der Waals surface area contributed by atoms with Crippen molar-refractivity contribution in [3.8, 4) is 17.1 Å². The Kier molecular flexibility index (Phi) is 7.40. The number of benzene rings is 1. The molecule has 2 heterocycles. The van der Waals surface area contributed by atoms with Crippen LogP contribution >= 0.6 is 11.6 Å². The topological polar surface area (TPSA) is 100 Å². The van der Waals surface area contributed by atoms with Crippen molar-refractivity contribution >= 4 is 17.6 Å². The van der Waals surface area contributed by atoms with Gasteiger partial charge in [-0.15, -0.1) is 0 Å². The Morgan fingerprint density at radius 2 is 2.00 bits per heavy atom. The molecule has 0 aliphatic carbocycles. The van der Waals surface area contributed by atoms with Gasteiger partial charge in [0.1, 0.15) is 23.3 Å². The summed E-state index contributed by atoms with van der Waals surface area (Å²) in [4.78, 5) is 13.2. The van der Waals surface area contributed by atoms with Crippen molar-refractivity contribution in [2.45, 2.75) is 19.9 Å². The van der Waals surface area contributed by atoms with Gasteiger partial charge < -0.3 is 15.4 Å². The van der Waals surface area contributed by atoms with Crippen LogP contribution < -0.4 is 15.4 Å². The summed E-state index contributed by atoms with van der Waals surface area (Å²) in [5.41, 5.74) is 2.02. The number of hydrogen-bond acceptors (Lipinski definition) is 5. The average molecular weight is 414 g/mol. The third-order valence-corrected chi connectivity index (χ3v) is 4.33. The first-order valence-electron chi connectivity index (χ1n) is 9.36. The summed E-state index contributed by atoms with van der Waals surface area (Å²) in [5.74, 6) is 2.84. The van der Waals surface area contributed by atoms with Gasteiger partial charge in [-0.2, -0.15) is 5.10 Å². The van der Waals surface area contributed by atoms with Gasteiger partial charge in [0.05, 0.1) is 7.11 Å². The lowest BCUT2D eigenvalue weighted by atomic mass is 10.2. The molecule has 1 aromatic carbocycles. The zero-order valence-electron chi connectivity index (χ0n) is 16.4. The summed E-state index contributed by atoms with van der Waals surface area (Å²) < 4.78 is 5.17. The molecule has 3 rings (SSSR count). The van der Waals surface area contributed by atoms with Crippen LogP contribution in [-0.2, 0) is 13.0 Å². The Balaban J connectivity index is 1.56. The first-order chi connectivity index (χ1) is 14.2. The molecular formula is C20H24ClN7O. The molecule has 3 aromatic rings. The third-order valence-electron chi connectivity index (χ3n) is 4.11. The van der Waals surface area contributed by atoms with E-state index in [0.717, 1.165) is 42.3 Å². The Bertz CT molecular complexity index is 923. The summed E-state index contributed by atoms with van der Waals surface area (Å²) in [6, 6.07) is 11.4. The summed E-state index contributed by atoms with van der Waals surface area (Å²) in [6.45, 7) is 3.90. The summed E-state index contributed by atoms with van der Waals surface area (Å²) in [7, 11) is 1.64. The van der Waals surface area contributed by atoms with Crippen LogP contribution in [0.15, 0.2) is 47.6 Å². The molecule has 0 saturated carbocycles. The maximum Gasteiger partial charge on any atom is 0.191 e. The Morgan fingerprint density at radius 3 is 2.69 bits per heavy atom. The largest absolute Gasteiger partial charge is 0.497 e. The fourth-order valence-electron chi connectivity index (χ4n) is 2.61. The van der Waals surface area contributed by atoms with E-state index in [4.69, 9.17) is 16.3 Å². The molecule has 152 valence electrons. The first kappa shape index (κ1) is 20.6. The van der Waals surface area contributed by atoms with E-state index in [2.05, 4.69) is 35.8 Å². The van der Waals surface area contributed by atoms with Crippen molar-refractivity contribution in [2.75, 3.05) is 20.2 Å². The van der Waals surface area contributed by atoms with Gasteiger partial charge in [-0.25, -0.2) is 15.0 Å². The molecule has 0 fully saturated rings. The standard InChI is InChI=1S/C20H24ClN7O/c1-3-22-20(23-11-10-14-4-9-17(21)24-12-14)25-13-18-26-19(28-27-18)15-5-7-16(29-2)8-6-15/h4-9,12H,3,10-11,13H2,1-2H3,(H2,22,23,25)(H,26,27,28). The zero-order chi connectivity index (χ0) is 20.5. The highest BCUT2D eigenvalue weighted by Gasteiger charge is 2.06. The molecule has 0 atom stereocenters. The lowest BCUT2D eigenvalue weighted by Gasteiger charge is -2.10. The van der Waals surface area contributed by atoms with Crippen molar-refractivity contribution in [3.05, 3.63) is 59.1 Å². The normalized spacial score (nSPS) is 11.3. The molecule has 8 nitrogen and oxygen atoms in total. The van der Waals surface area contributed by atoms with Crippen molar-refractivity contribution in [1.29, 1.82) is 0 Å². The number of aromatic nitrogens is 4. The number of ether oxygens (including phenoxy) is 1. The van der Waals surface area contributed by atoms with E-state index < -0.39 is 0 Å². The highest BCUT2D eigenvalue weighted by atomic mass is 35.5. The molecule has 0 unspecified atom stereocenters. The fraction of sp³-hybridized carbons (Fsp3) is 0.300. The second-order valence-electron chi connectivity index (χ2n) is 6.20. The minimum absolute atomic E-state index is 0.390. The SMILES string of the molecule is CCNC(=NCc1nc(-c2ccc(OC)cc2)n[nH]1)NCCc1ccc(Cl)nc1. The van der Waals surface area contributed by atoms with E-state index in [-0.39, 0.29) is 0 Å². The lowest BCUT2D eigenvalue weighted by Crippen LogP contribution is -2.38. The van der Waals surface area contributed by atoms with Gasteiger partial charge in [0, 0.05) is 24.8 Å². The summed E-state index contributed by atoms with van der Waals surface area (Å²) in [6.07, 6.45) is 2.60. The molecule has 0 radical (unpaired) electrons. The number of nitrogens with zero attached hydrogens (tertiary/aromatic N) is 4. The average Bonchev–Trinajstić information content (AvgIpc) is 3.22. The van der Waals surface area contributed by atoms with Crippen LogP contribution in [0, 0.1) is 0 Å². The number of halogens is 1. The van der Waals surface area contributed by atoms with E-state index in [1.807, 2.05) is 37.3 Å². The van der Waals surface area contributed by atoms with Crippen LogP contribution in [0.4, 0.5) is 0 Å². The van der Waals surface area contributed by atoms with Gasteiger partial charge in [-0.3, -0.25) is 5.10 Å². The molecule has 0 spiro atoms. The molecule has 0 bridgehead atoms. The van der Waals surface area contributed by atoms with E-state index in [1.165, 1.54) is 0 Å². The van der Waals surface area contributed by atoms with Gasteiger partial charge in [0.2, 0.25) is 0 Å². The third kappa shape index (κ3) is 6.18. The van der Waals surface area contributed by atoms with Crippen LogP contribution in [-0.4, -0.2) is 46.3 Å². The maximum absolute atomic E-state index is 5.82. The Labute approximate surface area is 174 Å². The van der Waals surface area contributed by atoms with E-state index in [9.17, 15) is 0 Å². The van der Waals surface area contributed by atoms with E-state index in [0.29, 0.717) is 23.3 Å². The van der Waals surface area contributed by atoms with Crippen LogP contribution in [0.25, 0.3) is 11.4 Å². The zero-order valence-corrected chi connectivity index (χ0v) is 17.2. The van der Waals surface area contributed by atoms with Crippen molar-refractivity contribution < 1.29 is 4.74 Å². The number of methoxy groups -OCH3 is 1. The number of guanidine groups is 1. The van der Waals surface area contributed by atoms with E-state index >= 15 is 0 Å². The van der Waals surface area contributed by atoms with Crippen molar-refractivity contribution in [1.82, 2.24) is 30.8 Å². The smallest absolute Gasteiger partial charge is 0.191 e. The van der Waals surface area contributed by atoms with E-state index in [1.54, 1.807) is 19.4 Å². The van der Waals surface area contributed by atoms with Gasteiger partial charge in [-0.05, 0) is 49.2 Å². The van der Waals surface area contributed by atoms with Crippen LogP contribution in [0.5, 0.6) is 5.75 Å². The molecule has 29 heavy (non-hydrogen) atoms. The van der Waals surface area contributed by atoms with Crippen molar-refractivity contribution in [2.24, 2.45) is 4.99 Å². The molecule has 2 aromatic heterocycles. The Hall–Kier alpha value is -3.13. The molecule has 0 aliphatic rings. The maximum atomic E-state index is 5.82. The number of rotatable bonds is 8. The summed E-state index contributed by atoms with van der Waals surface area (Å²) >= 11 is 5.82. The molecular weight excluding hydrogens is 390 g/mol. The molecule has 0 aliphatic heterocycles. The molecule has 3 N–H and O–H groups in total. The molecule has 0 amide bonds. The second-order valence-corrected chi connectivity index (χ2v) is 6.58. The van der Waals surface area contributed by atoms with Gasteiger partial charge in [0.15, 0.2) is 11.8 Å². The van der Waals surface area contributed by atoms with Gasteiger partial charge in [-0.1, -0.05) is 17.7 Å². The highest BCUT2D eigenvalue weighted by Crippen LogP contribution is 2.19. The van der Waals surface area contributed by atoms with Crippen molar-refractivity contribution in [3.63, 3.8) is 0 Å². The minimum atomic E-state index is 0.390.